The minimum absolute atomic E-state index is 0.353. The average Bonchev–Trinajstić information content (AvgIpc) is 3.05. The summed E-state index contributed by atoms with van der Waals surface area (Å²) in [7, 11) is 0. The van der Waals surface area contributed by atoms with E-state index in [0.717, 1.165) is 28.9 Å². The van der Waals surface area contributed by atoms with Gasteiger partial charge in [-0.05, 0) is 12.1 Å². The fourth-order valence-electron chi connectivity index (χ4n) is 2.09. The van der Waals surface area contributed by atoms with Crippen molar-refractivity contribution in [3.8, 4) is 22.5 Å². The summed E-state index contributed by atoms with van der Waals surface area (Å²) in [6, 6.07) is 5.63. The molecule has 0 amide bonds. The molecule has 5 heteroatoms. The van der Waals surface area contributed by atoms with Gasteiger partial charge in [-0.2, -0.15) is 0 Å². The van der Waals surface area contributed by atoms with Gasteiger partial charge in [0.25, 0.3) is 0 Å². The Morgan fingerprint density at radius 3 is 2.95 bits per heavy atom. The molecule has 96 valence electrons. The second kappa shape index (κ2) is 4.61. The van der Waals surface area contributed by atoms with Crippen molar-refractivity contribution < 1.29 is 8.94 Å². The lowest BCUT2D eigenvalue weighted by molar-refractivity contribution is 0.433. The van der Waals surface area contributed by atoms with Gasteiger partial charge in [-0.15, -0.1) is 0 Å². The quantitative estimate of drug-likeness (QED) is 0.777. The van der Waals surface area contributed by atoms with Crippen LogP contribution >= 0.6 is 0 Å². The van der Waals surface area contributed by atoms with Crippen LogP contribution in [-0.2, 0) is 6.42 Å². The van der Waals surface area contributed by atoms with Crippen molar-refractivity contribution in [3.63, 3.8) is 0 Å². The van der Waals surface area contributed by atoms with E-state index >= 15 is 0 Å². The second-order valence-corrected chi connectivity index (χ2v) is 4.12. The van der Waals surface area contributed by atoms with Crippen LogP contribution < -0.4 is 5.73 Å². The van der Waals surface area contributed by atoms with E-state index in [2.05, 4.69) is 10.1 Å². The minimum atomic E-state index is 0.353. The van der Waals surface area contributed by atoms with Crippen LogP contribution in [0.1, 0.15) is 12.7 Å². The highest BCUT2D eigenvalue weighted by Gasteiger charge is 2.21. The van der Waals surface area contributed by atoms with Crippen LogP contribution in [0.25, 0.3) is 22.5 Å². The number of nitrogens with two attached hydrogens (primary N) is 1. The van der Waals surface area contributed by atoms with E-state index in [4.69, 9.17) is 14.7 Å². The fraction of sp³-hybridized carbons (Fsp3) is 0.143. The Kier molecular flexibility index (Phi) is 2.79. The summed E-state index contributed by atoms with van der Waals surface area (Å²) in [6.45, 7) is 2.02. The number of rotatable bonds is 3. The highest BCUT2D eigenvalue weighted by molar-refractivity contribution is 5.86. The third-order valence-corrected chi connectivity index (χ3v) is 2.98. The van der Waals surface area contributed by atoms with Gasteiger partial charge >= 0.3 is 0 Å². The number of nitrogen functional groups attached to an aromatic ring is 1. The van der Waals surface area contributed by atoms with Crippen molar-refractivity contribution >= 4 is 5.82 Å². The molecule has 0 saturated heterocycles. The number of aryl methyl sites for hydroxylation is 1. The van der Waals surface area contributed by atoms with Crippen LogP contribution in [0, 0.1) is 0 Å². The summed E-state index contributed by atoms with van der Waals surface area (Å²) in [6.07, 6.45) is 5.86. The summed E-state index contributed by atoms with van der Waals surface area (Å²) in [4.78, 5) is 4.10. The van der Waals surface area contributed by atoms with Crippen LogP contribution in [0.5, 0.6) is 0 Å². The molecule has 0 saturated carbocycles. The van der Waals surface area contributed by atoms with Gasteiger partial charge in [0, 0.05) is 24.4 Å². The van der Waals surface area contributed by atoms with Gasteiger partial charge < -0.3 is 14.7 Å². The Balaban J connectivity index is 2.20. The summed E-state index contributed by atoms with van der Waals surface area (Å²) in [5, 5.41) is 3.86. The van der Waals surface area contributed by atoms with Gasteiger partial charge in [0.2, 0.25) is 0 Å². The van der Waals surface area contributed by atoms with Crippen molar-refractivity contribution in [3.05, 3.63) is 42.6 Å². The highest BCUT2D eigenvalue weighted by atomic mass is 16.5. The zero-order chi connectivity index (χ0) is 13.2. The van der Waals surface area contributed by atoms with Gasteiger partial charge in [0.05, 0.1) is 17.4 Å². The van der Waals surface area contributed by atoms with Gasteiger partial charge in [-0.25, -0.2) is 0 Å². The van der Waals surface area contributed by atoms with E-state index in [1.807, 2.05) is 25.1 Å². The van der Waals surface area contributed by atoms with Crippen LogP contribution in [0.2, 0.25) is 0 Å². The number of furan rings is 1. The van der Waals surface area contributed by atoms with Crippen molar-refractivity contribution in [2.45, 2.75) is 13.3 Å². The Morgan fingerprint density at radius 2 is 2.21 bits per heavy atom. The van der Waals surface area contributed by atoms with Gasteiger partial charge in [-0.3, -0.25) is 4.98 Å². The summed E-state index contributed by atoms with van der Waals surface area (Å²) >= 11 is 0. The van der Waals surface area contributed by atoms with E-state index in [0.29, 0.717) is 11.6 Å². The van der Waals surface area contributed by atoms with E-state index in [-0.39, 0.29) is 0 Å². The Labute approximate surface area is 110 Å². The SMILES string of the molecule is CCc1occc1-c1onc(N)c1-c1cccnc1. The molecule has 5 nitrogen and oxygen atoms in total. The maximum absolute atomic E-state index is 5.91. The van der Waals surface area contributed by atoms with E-state index < -0.39 is 0 Å². The molecule has 0 spiro atoms. The normalized spacial score (nSPS) is 10.8. The predicted molar refractivity (Wildman–Crippen MR) is 71.2 cm³/mol. The molecule has 0 aliphatic heterocycles. The lowest BCUT2D eigenvalue weighted by Crippen LogP contribution is -1.89. The number of pyridine rings is 1. The standard InChI is InChI=1S/C14H13N3O2/c1-2-11-10(5-7-18-11)13-12(14(15)17-19-13)9-4-3-6-16-8-9/h3-8H,2H2,1H3,(H2,15,17). The highest BCUT2D eigenvalue weighted by Crippen LogP contribution is 2.38. The lowest BCUT2D eigenvalue weighted by atomic mass is 10.0. The monoisotopic (exact) mass is 255 g/mol. The summed E-state index contributed by atoms with van der Waals surface area (Å²) < 4.78 is 10.8. The molecule has 0 aliphatic rings. The zero-order valence-electron chi connectivity index (χ0n) is 10.5. The van der Waals surface area contributed by atoms with Gasteiger partial charge in [0.1, 0.15) is 5.76 Å². The molecule has 0 unspecified atom stereocenters. The molecule has 0 radical (unpaired) electrons. The van der Waals surface area contributed by atoms with E-state index in [9.17, 15) is 0 Å². The number of hydrogen-bond donors (Lipinski definition) is 1. The predicted octanol–water partition coefficient (Wildman–Crippen LogP) is 3.14. The molecule has 2 N–H and O–H groups in total. The third-order valence-electron chi connectivity index (χ3n) is 2.98. The molecule has 19 heavy (non-hydrogen) atoms. The molecule has 3 aromatic heterocycles. The smallest absolute Gasteiger partial charge is 0.180 e. The number of nitrogens with zero attached hydrogens (tertiary/aromatic N) is 2. The number of anilines is 1. The van der Waals surface area contributed by atoms with Crippen LogP contribution in [-0.4, -0.2) is 10.1 Å². The molecular weight excluding hydrogens is 242 g/mol. The molecular formula is C14H13N3O2. The van der Waals surface area contributed by atoms with Crippen LogP contribution in [0.15, 0.2) is 45.8 Å². The number of aromatic nitrogens is 2. The Morgan fingerprint density at radius 1 is 1.32 bits per heavy atom. The minimum Gasteiger partial charge on any atom is -0.469 e. The first-order chi connectivity index (χ1) is 9.31. The lowest BCUT2D eigenvalue weighted by Gasteiger charge is -2.01. The van der Waals surface area contributed by atoms with E-state index in [1.165, 1.54) is 0 Å². The molecule has 0 aliphatic carbocycles. The zero-order valence-corrected chi connectivity index (χ0v) is 10.5. The molecule has 0 bridgehead atoms. The largest absolute Gasteiger partial charge is 0.469 e. The third kappa shape index (κ3) is 1.89. The first-order valence-electron chi connectivity index (χ1n) is 6.03. The number of hydrogen-bond acceptors (Lipinski definition) is 5. The Hall–Kier alpha value is -2.56. The maximum Gasteiger partial charge on any atom is 0.180 e. The topological polar surface area (TPSA) is 78.1 Å². The summed E-state index contributed by atoms with van der Waals surface area (Å²) in [5.74, 6) is 1.82. The summed E-state index contributed by atoms with van der Waals surface area (Å²) in [5.41, 5.74) is 8.42. The van der Waals surface area contributed by atoms with Crippen molar-refractivity contribution in [2.75, 3.05) is 5.73 Å². The average molecular weight is 255 g/mol. The second-order valence-electron chi connectivity index (χ2n) is 4.12. The van der Waals surface area contributed by atoms with Gasteiger partial charge in [0.15, 0.2) is 11.6 Å². The molecule has 3 rings (SSSR count). The molecule has 0 fully saturated rings. The molecule has 3 heterocycles. The van der Waals surface area contributed by atoms with Crippen molar-refractivity contribution in [1.82, 2.24) is 10.1 Å². The van der Waals surface area contributed by atoms with E-state index in [1.54, 1.807) is 18.7 Å². The molecule has 0 aromatic carbocycles. The van der Waals surface area contributed by atoms with Crippen molar-refractivity contribution in [1.29, 1.82) is 0 Å². The Bertz CT molecular complexity index is 686. The van der Waals surface area contributed by atoms with Gasteiger partial charge in [-0.1, -0.05) is 18.1 Å². The maximum atomic E-state index is 5.91. The van der Waals surface area contributed by atoms with Crippen LogP contribution in [0.4, 0.5) is 5.82 Å². The first-order valence-corrected chi connectivity index (χ1v) is 6.03. The van der Waals surface area contributed by atoms with Crippen LogP contribution in [0.3, 0.4) is 0 Å². The fourth-order valence-corrected chi connectivity index (χ4v) is 2.09. The molecule has 3 aromatic rings. The van der Waals surface area contributed by atoms with Crippen molar-refractivity contribution in [2.24, 2.45) is 0 Å². The first kappa shape index (κ1) is 11.5. The molecule has 0 atom stereocenters.